The standard InChI is InChI=1S/C14H15N3O4S/c15-10(13(19)20)8-16-6-5-12(18)17(14(16)21)7-9-3-1-2-4-11(9)22/h1-6,10,22H,7-8,15H2,(H,19,20). The second-order valence-corrected chi connectivity index (χ2v) is 5.23. The fraction of sp³-hybridized carbons (Fsp3) is 0.214. The van der Waals surface area contributed by atoms with E-state index >= 15 is 0 Å². The van der Waals surface area contributed by atoms with Crippen molar-refractivity contribution in [3.8, 4) is 0 Å². The van der Waals surface area contributed by atoms with Crippen LogP contribution in [0.2, 0.25) is 0 Å². The third kappa shape index (κ3) is 3.46. The largest absolute Gasteiger partial charge is 0.480 e. The second kappa shape index (κ2) is 6.63. The lowest BCUT2D eigenvalue weighted by atomic mass is 10.2. The zero-order valence-corrected chi connectivity index (χ0v) is 12.4. The van der Waals surface area contributed by atoms with Gasteiger partial charge in [-0.2, -0.15) is 0 Å². The molecule has 0 saturated carbocycles. The second-order valence-electron chi connectivity index (χ2n) is 4.75. The summed E-state index contributed by atoms with van der Waals surface area (Å²) in [5, 5.41) is 8.81. The number of nitrogens with two attached hydrogens (primary N) is 1. The molecule has 1 heterocycles. The van der Waals surface area contributed by atoms with Gasteiger partial charge in [-0.15, -0.1) is 12.6 Å². The molecule has 1 atom stereocenters. The molecule has 0 radical (unpaired) electrons. The maximum absolute atomic E-state index is 12.3. The first kappa shape index (κ1) is 16.1. The molecule has 1 aromatic heterocycles. The van der Waals surface area contributed by atoms with Gasteiger partial charge in [0.05, 0.1) is 13.1 Å². The van der Waals surface area contributed by atoms with Gasteiger partial charge in [-0.25, -0.2) is 4.79 Å². The Hall–Kier alpha value is -2.32. The molecule has 116 valence electrons. The number of aromatic nitrogens is 2. The van der Waals surface area contributed by atoms with Gasteiger partial charge in [0.15, 0.2) is 0 Å². The normalized spacial score (nSPS) is 12.1. The van der Waals surface area contributed by atoms with Crippen LogP contribution in [0.3, 0.4) is 0 Å². The van der Waals surface area contributed by atoms with Crippen molar-refractivity contribution in [3.05, 3.63) is 62.9 Å². The number of benzene rings is 1. The van der Waals surface area contributed by atoms with E-state index in [1.165, 1.54) is 12.3 Å². The molecule has 0 amide bonds. The van der Waals surface area contributed by atoms with Crippen LogP contribution in [0.25, 0.3) is 0 Å². The molecule has 22 heavy (non-hydrogen) atoms. The predicted molar refractivity (Wildman–Crippen MR) is 83.4 cm³/mol. The van der Waals surface area contributed by atoms with Crippen LogP contribution in [0, 0.1) is 0 Å². The Labute approximate surface area is 131 Å². The van der Waals surface area contributed by atoms with Crippen LogP contribution in [-0.2, 0) is 17.9 Å². The molecular formula is C14H15N3O4S. The Balaban J connectivity index is 2.40. The first-order valence-corrected chi connectivity index (χ1v) is 6.90. The molecule has 2 aromatic rings. The lowest BCUT2D eigenvalue weighted by Gasteiger charge is -2.12. The van der Waals surface area contributed by atoms with Gasteiger partial charge in [0.2, 0.25) is 0 Å². The van der Waals surface area contributed by atoms with E-state index < -0.39 is 23.3 Å². The zero-order chi connectivity index (χ0) is 16.3. The van der Waals surface area contributed by atoms with Crippen LogP contribution < -0.4 is 17.0 Å². The van der Waals surface area contributed by atoms with Crippen molar-refractivity contribution >= 4 is 18.6 Å². The van der Waals surface area contributed by atoms with Crippen LogP contribution in [0.5, 0.6) is 0 Å². The summed E-state index contributed by atoms with van der Waals surface area (Å²) in [7, 11) is 0. The number of hydrogen-bond donors (Lipinski definition) is 3. The number of rotatable bonds is 5. The minimum Gasteiger partial charge on any atom is -0.480 e. The molecular weight excluding hydrogens is 306 g/mol. The minimum atomic E-state index is -1.22. The molecule has 0 aliphatic carbocycles. The smallest absolute Gasteiger partial charge is 0.331 e. The summed E-state index contributed by atoms with van der Waals surface area (Å²) in [6, 6.07) is 7.07. The maximum atomic E-state index is 12.3. The van der Waals surface area contributed by atoms with E-state index in [-0.39, 0.29) is 13.1 Å². The van der Waals surface area contributed by atoms with Crippen molar-refractivity contribution in [2.75, 3.05) is 0 Å². The Morgan fingerprint density at radius 3 is 2.59 bits per heavy atom. The van der Waals surface area contributed by atoms with E-state index in [4.69, 9.17) is 10.8 Å². The summed E-state index contributed by atoms with van der Waals surface area (Å²) >= 11 is 4.28. The summed E-state index contributed by atoms with van der Waals surface area (Å²) in [5.74, 6) is -1.22. The summed E-state index contributed by atoms with van der Waals surface area (Å²) in [6.45, 7) is -0.155. The average molecular weight is 321 g/mol. The average Bonchev–Trinajstić information content (AvgIpc) is 2.48. The Morgan fingerprint density at radius 2 is 1.95 bits per heavy atom. The molecule has 0 bridgehead atoms. The van der Waals surface area contributed by atoms with Crippen molar-refractivity contribution < 1.29 is 9.90 Å². The van der Waals surface area contributed by atoms with Crippen LogP contribution in [0.15, 0.2) is 51.0 Å². The van der Waals surface area contributed by atoms with Gasteiger partial charge >= 0.3 is 11.7 Å². The van der Waals surface area contributed by atoms with Crippen LogP contribution in [-0.4, -0.2) is 26.3 Å². The van der Waals surface area contributed by atoms with Gasteiger partial charge in [-0.05, 0) is 11.6 Å². The van der Waals surface area contributed by atoms with E-state index in [0.29, 0.717) is 10.5 Å². The molecule has 2 rings (SSSR count). The van der Waals surface area contributed by atoms with Crippen molar-refractivity contribution in [2.24, 2.45) is 5.73 Å². The number of carboxylic acids is 1. The predicted octanol–water partition coefficient (Wildman–Crippen LogP) is -0.241. The van der Waals surface area contributed by atoms with E-state index in [2.05, 4.69) is 12.6 Å². The number of carboxylic acid groups (broad SMARTS) is 1. The molecule has 1 aromatic carbocycles. The summed E-state index contributed by atoms with van der Waals surface area (Å²) in [6.07, 6.45) is 1.25. The van der Waals surface area contributed by atoms with E-state index in [9.17, 15) is 14.4 Å². The summed E-state index contributed by atoms with van der Waals surface area (Å²) in [5.41, 5.74) is 5.06. The monoisotopic (exact) mass is 321 g/mol. The Kier molecular flexibility index (Phi) is 4.84. The van der Waals surface area contributed by atoms with Gasteiger partial charge in [-0.1, -0.05) is 18.2 Å². The molecule has 0 aliphatic rings. The molecule has 3 N–H and O–H groups in total. The zero-order valence-electron chi connectivity index (χ0n) is 11.5. The topological polar surface area (TPSA) is 107 Å². The van der Waals surface area contributed by atoms with Crippen molar-refractivity contribution in [2.45, 2.75) is 24.0 Å². The van der Waals surface area contributed by atoms with Crippen molar-refractivity contribution in [3.63, 3.8) is 0 Å². The molecule has 1 unspecified atom stereocenters. The molecule has 8 heteroatoms. The fourth-order valence-corrected chi connectivity index (χ4v) is 2.18. The highest BCUT2D eigenvalue weighted by Gasteiger charge is 2.15. The maximum Gasteiger partial charge on any atom is 0.331 e. The number of hydrogen-bond acceptors (Lipinski definition) is 5. The molecule has 0 fully saturated rings. The van der Waals surface area contributed by atoms with Crippen LogP contribution >= 0.6 is 12.6 Å². The molecule has 0 spiro atoms. The fourth-order valence-electron chi connectivity index (χ4n) is 1.95. The SMILES string of the molecule is NC(Cn1ccc(=O)n(Cc2ccccc2S)c1=O)C(=O)O. The van der Waals surface area contributed by atoms with Gasteiger partial charge < -0.3 is 10.8 Å². The highest BCUT2D eigenvalue weighted by molar-refractivity contribution is 7.80. The third-order valence-electron chi connectivity index (χ3n) is 3.17. The Bertz CT molecular complexity index is 812. The highest BCUT2D eigenvalue weighted by Crippen LogP contribution is 2.12. The Morgan fingerprint density at radius 1 is 1.27 bits per heavy atom. The van der Waals surface area contributed by atoms with E-state index in [1.54, 1.807) is 24.3 Å². The quantitative estimate of drug-likeness (QED) is 0.659. The molecule has 0 aliphatic heterocycles. The molecule has 7 nitrogen and oxygen atoms in total. The number of thiol groups is 1. The summed E-state index contributed by atoms with van der Waals surface area (Å²) in [4.78, 5) is 35.7. The van der Waals surface area contributed by atoms with Gasteiger partial charge in [0.1, 0.15) is 6.04 Å². The van der Waals surface area contributed by atoms with Gasteiger partial charge in [-0.3, -0.25) is 18.7 Å². The van der Waals surface area contributed by atoms with Crippen molar-refractivity contribution in [1.82, 2.24) is 9.13 Å². The van der Waals surface area contributed by atoms with Crippen LogP contribution in [0.1, 0.15) is 5.56 Å². The number of nitrogens with zero attached hydrogens (tertiary/aromatic N) is 2. The lowest BCUT2D eigenvalue weighted by Crippen LogP contribution is -2.44. The molecule has 0 saturated heterocycles. The van der Waals surface area contributed by atoms with E-state index in [1.807, 2.05) is 0 Å². The minimum absolute atomic E-state index is 0.0560. The first-order chi connectivity index (χ1) is 10.4. The van der Waals surface area contributed by atoms with Gasteiger partial charge in [0, 0.05) is 17.2 Å². The highest BCUT2D eigenvalue weighted by atomic mass is 32.1. The van der Waals surface area contributed by atoms with Crippen LogP contribution in [0.4, 0.5) is 0 Å². The number of carbonyl (C=O) groups is 1. The third-order valence-corrected chi connectivity index (χ3v) is 3.61. The van der Waals surface area contributed by atoms with Gasteiger partial charge in [0.25, 0.3) is 5.56 Å². The van der Waals surface area contributed by atoms with Crippen molar-refractivity contribution in [1.29, 1.82) is 0 Å². The summed E-state index contributed by atoms with van der Waals surface area (Å²) < 4.78 is 2.13. The lowest BCUT2D eigenvalue weighted by molar-refractivity contribution is -0.138. The number of aliphatic carboxylic acids is 1. The van der Waals surface area contributed by atoms with E-state index in [0.717, 1.165) is 9.13 Å². The first-order valence-electron chi connectivity index (χ1n) is 6.45.